The molecule has 0 N–H and O–H groups in total. The van der Waals surface area contributed by atoms with E-state index in [1.165, 1.54) is 6.92 Å². The van der Waals surface area contributed by atoms with Crippen molar-refractivity contribution in [2.45, 2.75) is 38.9 Å². The van der Waals surface area contributed by atoms with E-state index in [0.29, 0.717) is 12.8 Å². The van der Waals surface area contributed by atoms with Crippen molar-refractivity contribution in [1.82, 2.24) is 0 Å². The third-order valence-corrected chi connectivity index (χ3v) is 6.72. The van der Waals surface area contributed by atoms with Crippen LogP contribution in [0, 0.1) is 0 Å². The maximum atomic E-state index is 11.5. The lowest BCUT2D eigenvalue weighted by atomic mass is 10.5. The van der Waals surface area contributed by atoms with Crippen LogP contribution in [-0.4, -0.2) is 39.3 Å². The highest BCUT2D eigenvalue weighted by Gasteiger charge is 2.25. The zero-order chi connectivity index (χ0) is 12.1. The molecule has 0 heterocycles. The highest BCUT2D eigenvalue weighted by molar-refractivity contribution is 7.95. The molecule has 0 radical (unpaired) electrons. The predicted octanol–water partition coefficient (Wildman–Crippen LogP) is 1.02. The zero-order valence-corrected chi connectivity index (χ0v) is 11.2. The minimum Gasteiger partial charge on any atom is -0.229 e. The van der Waals surface area contributed by atoms with E-state index in [1.807, 2.05) is 0 Å². The van der Waals surface area contributed by atoms with Gasteiger partial charge in [0, 0.05) is 5.75 Å². The smallest absolute Gasteiger partial charge is 0.153 e. The summed E-state index contributed by atoms with van der Waals surface area (Å²) in [6.45, 7) is 5.01. The normalized spacial score (nSPS) is 15.1. The van der Waals surface area contributed by atoms with Crippen LogP contribution < -0.4 is 0 Å². The molecule has 92 valence electrons. The van der Waals surface area contributed by atoms with E-state index in [2.05, 4.69) is 0 Å². The van der Waals surface area contributed by atoms with Crippen LogP contribution in [0.5, 0.6) is 0 Å². The van der Waals surface area contributed by atoms with Gasteiger partial charge in [-0.1, -0.05) is 13.8 Å². The van der Waals surface area contributed by atoms with Crippen molar-refractivity contribution in [3.05, 3.63) is 0 Å². The van der Waals surface area contributed by atoms with E-state index in [0.717, 1.165) is 0 Å². The summed E-state index contributed by atoms with van der Waals surface area (Å²) < 4.78 is 46.0. The summed E-state index contributed by atoms with van der Waals surface area (Å²) in [5.74, 6) is -0.113. The fraction of sp³-hybridized carbons (Fsp3) is 1.00. The molecule has 1 atom stereocenters. The monoisotopic (exact) mass is 256 g/mol. The summed E-state index contributed by atoms with van der Waals surface area (Å²) in [5.41, 5.74) is 0. The van der Waals surface area contributed by atoms with Gasteiger partial charge in [-0.3, -0.25) is 0 Å². The van der Waals surface area contributed by atoms with Gasteiger partial charge in [-0.15, -0.1) is 0 Å². The lowest BCUT2D eigenvalue weighted by Gasteiger charge is -2.12. The summed E-state index contributed by atoms with van der Waals surface area (Å²) in [5, 5.41) is -0.783. The zero-order valence-electron chi connectivity index (χ0n) is 9.56. The number of rotatable bonds is 7. The Labute approximate surface area is 92.9 Å². The van der Waals surface area contributed by atoms with E-state index in [-0.39, 0.29) is 17.3 Å². The number of hydrogen-bond donors (Lipinski definition) is 0. The Morgan fingerprint density at radius 2 is 1.40 bits per heavy atom. The third-order valence-electron chi connectivity index (χ3n) is 2.11. The summed E-state index contributed by atoms with van der Waals surface area (Å²) in [7, 11) is -6.45. The van der Waals surface area contributed by atoms with Gasteiger partial charge in [0.1, 0.15) is 0 Å². The molecule has 0 aliphatic carbocycles. The molecule has 0 aromatic rings. The van der Waals surface area contributed by atoms with Gasteiger partial charge in [0.05, 0.1) is 16.8 Å². The molecule has 0 rings (SSSR count). The van der Waals surface area contributed by atoms with Gasteiger partial charge in [0.15, 0.2) is 19.7 Å². The second-order valence-electron chi connectivity index (χ2n) is 3.79. The molecule has 0 saturated carbocycles. The molecule has 0 saturated heterocycles. The molecule has 0 bridgehead atoms. The van der Waals surface area contributed by atoms with Crippen molar-refractivity contribution in [3.63, 3.8) is 0 Å². The number of hydrogen-bond acceptors (Lipinski definition) is 4. The van der Waals surface area contributed by atoms with Crippen molar-refractivity contribution >= 4 is 19.7 Å². The highest BCUT2D eigenvalue weighted by atomic mass is 32.2. The van der Waals surface area contributed by atoms with Gasteiger partial charge in [-0.05, 0) is 19.8 Å². The lowest BCUT2D eigenvalue weighted by Crippen LogP contribution is -2.29. The molecular weight excluding hydrogens is 236 g/mol. The molecule has 0 aliphatic rings. The summed E-state index contributed by atoms with van der Waals surface area (Å²) in [6, 6.07) is 0. The van der Waals surface area contributed by atoms with Gasteiger partial charge in [-0.2, -0.15) is 0 Å². The van der Waals surface area contributed by atoms with Gasteiger partial charge in [0.25, 0.3) is 0 Å². The van der Waals surface area contributed by atoms with Crippen LogP contribution in [-0.2, 0) is 19.7 Å². The van der Waals surface area contributed by atoms with Crippen molar-refractivity contribution < 1.29 is 16.8 Å². The summed E-state index contributed by atoms with van der Waals surface area (Å²) in [4.78, 5) is 0. The number of sulfone groups is 2. The summed E-state index contributed by atoms with van der Waals surface area (Å²) in [6.07, 6.45) is 1.06. The van der Waals surface area contributed by atoms with Crippen molar-refractivity contribution in [2.24, 2.45) is 0 Å². The van der Waals surface area contributed by atoms with Crippen LogP contribution in [0.25, 0.3) is 0 Å². The Balaban J connectivity index is 4.57. The first-order valence-electron chi connectivity index (χ1n) is 5.17. The van der Waals surface area contributed by atoms with Crippen LogP contribution in [0.2, 0.25) is 0 Å². The molecule has 0 aromatic carbocycles. The molecule has 0 fully saturated rings. The van der Waals surface area contributed by atoms with Crippen molar-refractivity contribution in [1.29, 1.82) is 0 Å². The predicted molar refractivity (Wildman–Crippen MR) is 62.5 cm³/mol. The first-order chi connectivity index (χ1) is 6.75. The Bertz CT molecular complexity index is 367. The second kappa shape index (κ2) is 5.84. The van der Waals surface area contributed by atoms with Gasteiger partial charge < -0.3 is 0 Å². The minimum absolute atomic E-state index is 0.0653. The standard InChI is InChI=1S/C9H20O4S2/c1-4-6-14(10,11)8-9(3)15(12,13)7-5-2/h9H,4-8H2,1-3H3. The second-order valence-corrected chi connectivity index (χ2v) is 8.56. The van der Waals surface area contributed by atoms with Crippen LogP contribution in [0.4, 0.5) is 0 Å². The van der Waals surface area contributed by atoms with Gasteiger partial charge >= 0.3 is 0 Å². The van der Waals surface area contributed by atoms with Crippen molar-refractivity contribution in [2.75, 3.05) is 17.3 Å². The molecule has 0 spiro atoms. The van der Waals surface area contributed by atoms with E-state index in [4.69, 9.17) is 0 Å². The first kappa shape index (κ1) is 14.9. The fourth-order valence-electron chi connectivity index (χ4n) is 1.34. The Morgan fingerprint density at radius 1 is 0.933 bits per heavy atom. The van der Waals surface area contributed by atoms with E-state index >= 15 is 0 Å². The molecule has 0 amide bonds. The molecule has 0 aromatic heterocycles. The van der Waals surface area contributed by atoms with Crippen LogP contribution in [0.3, 0.4) is 0 Å². The first-order valence-corrected chi connectivity index (χ1v) is 8.70. The average Bonchev–Trinajstić information content (AvgIpc) is 2.02. The largest absolute Gasteiger partial charge is 0.229 e. The molecule has 6 heteroatoms. The molecule has 1 unspecified atom stereocenters. The molecule has 15 heavy (non-hydrogen) atoms. The molecular formula is C9H20O4S2. The van der Waals surface area contributed by atoms with Gasteiger partial charge in [0.2, 0.25) is 0 Å². The fourth-order valence-corrected chi connectivity index (χ4v) is 5.27. The molecule has 0 aliphatic heterocycles. The van der Waals surface area contributed by atoms with E-state index in [9.17, 15) is 16.8 Å². The Hall–Kier alpha value is -0.100. The lowest BCUT2D eigenvalue weighted by molar-refractivity contribution is 0.576. The van der Waals surface area contributed by atoms with E-state index in [1.54, 1.807) is 13.8 Å². The maximum absolute atomic E-state index is 11.5. The average molecular weight is 256 g/mol. The third kappa shape index (κ3) is 5.51. The molecule has 4 nitrogen and oxygen atoms in total. The van der Waals surface area contributed by atoms with Crippen LogP contribution >= 0.6 is 0 Å². The minimum atomic E-state index is -3.24. The van der Waals surface area contributed by atoms with Gasteiger partial charge in [-0.25, -0.2) is 16.8 Å². The SMILES string of the molecule is CCCS(=O)(=O)CC(C)S(=O)(=O)CCC. The highest BCUT2D eigenvalue weighted by Crippen LogP contribution is 2.08. The topological polar surface area (TPSA) is 68.3 Å². The summed E-state index contributed by atoms with van der Waals surface area (Å²) >= 11 is 0. The van der Waals surface area contributed by atoms with E-state index < -0.39 is 24.9 Å². The van der Waals surface area contributed by atoms with Crippen LogP contribution in [0.15, 0.2) is 0 Å². The Kier molecular flexibility index (Phi) is 5.80. The quantitative estimate of drug-likeness (QED) is 0.682. The van der Waals surface area contributed by atoms with Crippen LogP contribution in [0.1, 0.15) is 33.6 Å². The van der Waals surface area contributed by atoms with Crippen molar-refractivity contribution in [3.8, 4) is 0 Å². The maximum Gasteiger partial charge on any atom is 0.153 e. The Morgan fingerprint density at radius 3 is 1.80 bits per heavy atom.